The van der Waals surface area contributed by atoms with E-state index >= 15 is 0 Å². The van der Waals surface area contributed by atoms with Gasteiger partial charge in [0, 0.05) is 31.5 Å². The van der Waals surface area contributed by atoms with E-state index in [4.69, 9.17) is 0 Å². The number of aliphatic imine (C=N–C) groups is 1. The van der Waals surface area contributed by atoms with Gasteiger partial charge in [-0.1, -0.05) is 24.8 Å². The Bertz CT molecular complexity index is 1020. The Morgan fingerprint density at radius 3 is 2.54 bits per heavy atom. The van der Waals surface area contributed by atoms with Gasteiger partial charge in [0.25, 0.3) is 5.91 Å². The van der Waals surface area contributed by atoms with E-state index in [1.54, 1.807) is 12.1 Å². The van der Waals surface area contributed by atoms with E-state index in [9.17, 15) is 17.6 Å². The summed E-state index contributed by atoms with van der Waals surface area (Å²) >= 11 is 1.44. The fraction of sp³-hybridized carbons (Fsp3) is 0.263. The smallest absolute Gasteiger partial charge is 0.259 e. The first-order valence-electron chi connectivity index (χ1n) is 8.54. The summed E-state index contributed by atoms with van der Waals surface area (Å²) in [5, 5.41) is 0.623. The van der Waals surface area contributed by atoms with Crippen LogP contribution in [-0.4, -0.2) is 54.6 Å². The zero-order valence-electron chi connectivity index (χ0n) is 15.7. The van der Waals surface area contributed by atoms with Crippen LogP contribution in [0.1, 0.15) is 17.3 Å². The van der Waals surface area contributed by atoms with Gasteiger partial charge in [-0.25, -0.2) is 22.1 Å². The zero-order valence-corrected chi connectivity index (χ0v) is 17.3. The minimum atomic E-state index is -3.58. The van der Waals surface area contributed by atoms with E-state index in [1.165, 1.54) is 67.2 Å². The molecule has 1 fully saturated rings. The molecule has 0 spiro atoms. The van der Waals surface area contributed by atoms with Crippen LogP contribution in [0.5, 0.6) is 0 Å². The SMILES string of the molecule is CC1CN(C(=O)c2ccc(F)cc2)C(=Nc2cccc(S(=O)(=O)N(C)C)c2)S1. The second-order valence-electron chi connectivity index (χ2n) is 6.53. The zero-order chi connectivity index (χ0) is 20.5. The van der Waals surface area contributed by atoms with E-state index in [0.717, 1.165) is 4.31 Å². The van der Waals surface area contributed by atoms with Crippen molar-refractivity contribution in [1.29, 1.82) is 0 Å². The average molecular weight is 422 g/mol. The van der Waals surface area contributed by atoms with Crippen LogP contribution in [0.4, 0.5) is 10.1 Å². The van der Waals surface area contributed by atoms with E-state index in [0.29, 0.717) is 23.0 Å². The molecule has 0 N–H and O–H groups in total. The summed E-state index contributed by atoms with van der Waals surface area (Å²) in [7, 11) is -0.652. The maximum atomic E-state index is 13.1. The highest BCUT2D eigenvalue weighted by molar-refractivity contribution is 8.14. The molecule has 148 valence electrons. The van der Waals surface area contributed by atoms with E-state index in [2.05, 4.69) is 4.99 Å². The highest BCUT2D eigenvalue weighted by atomic mass is 32.2. The predicted molar refractivity (Wildman–Crippen MR) is 109 cm³/mol. The minimum absolute atomic E-state index is 0.131. The summed E-state index contributed by atoms with van der Waals surface area (Å²) < 4.78 is 38.9. The van der Waals surface area contributed by atoms with Crippen molar-refractivity contribution in [2.45, 2.75) is 17.1 Å². The van der Waals surface area contributed by atoms with Gasteiger partial charge in [-0.15, -0.1) is 0 Å². The van der Waals surface area contributed by atoms with Crippen LogP contribution >= 0.6 is 11.8 Å². The number of hydrogen-bond acceptors (Lipinski definition) is 5. The van der Waals surface area contributed by atoms with Crippen molar-refractivity contribution < 1.29 is 17.6 Å². The molecule has 0 radical (unpaired) electrons. The van der Waals surface area contributed by atoms with Crippen LogP contribution in [0.3, 0.4) is 0 Å². The van der Waals surface area contributed by atoms with Crippen LogP contribution < -0.4 is 0 Å². The molecule has 1 heterocycles. The van der Waals surface area contributed by atoms with Crippen LogP contribution in [0, 0.1) is 5.82 Å². The molecule has 2 aromatic carbocycles. The molecular formula is C19H20FN3O3S2. The Kier molecular flexibility index (Phi) is 5.87. The standard InChI is InChI=1S/C19H20FN3O3S2/c1-13-12-23(18(24)14-7-9-15(20)10-8-14)19(27-13)21-16-5-4-6-17(11-16)28(25,26)22(2)3/h4-11,13H,12H2,1-3H3. The molecule has 1 aliphatic rings. The Balaban J connectivity index is 1.94. The molecule has 0 aliphatic carbocycles. The van der Waals surface area contributed by atoms with E-state index in [1.807, 2.05) is 6.92 Å². The number of carbonyl (C=O) groups is 1. The Labute approximate surface area is 168 Å². The number of benzene rings is 2. The molecule has 3 rings (SSSR count). The molecule has 0 aromatic heterocycles. The van der Waals surface area contributed by atoms with Crippen molar-refractivity contribution >= 4 is 38.5 Å². The first kappa shape index (κ1) is 20.5. The Morgan fingerprint density at radius 2 is 1.89 bits per heavy atom. The number of hydrogen-bond donors (Lipinski definition) is 0. The minimum Gasteiger partial charge on any atom is -0.286 e. The maximum absolute atomic E-state index is 13.1. The quantitative estimate of drug-likeness (QED) is 0.759. The summed E-state index contributed by atoms with van der Waals surface area (Å²) in [4.78, 5) is 19.0. The molecule has 6 nitrogen and oxygen atoms in total. The van der Waals surface area contributed by atoms with Crippen molar-refractivity contribution in [1.82, 2.24) is 9.21 Å². The summed E-state index contributed by atoms with van der Waals surface area (Å²) in [6, 6.07) is 11.6. The molecule has 1 amide bonds. The van der Waals surface area contributed by atoms with Gasteiger partial charge in [-0.3, -0.25) is 9.69 Å². The summed E-state index contributed by atoms with van der Waals surface area (Å²) in [6.45, 7) is 2.44. The summed E-state index contributed by atoms with van der Waals surface area (Å²) in [5.41, 5.74) is 0.809. The van der Waals surface area contributed by atoms with Gasteiger partial charge in [-0.2, -0.15) is 0 Å². The van der Waals surface area contributed by atoms with Gasteiger partial charge in [0.15, 0.2) is 5.17 Å². The first-order chi connectivity index (χ1) is 13.2. The van der Waals surface area contributed by atoms with Crippen LogP contribution in [0.25, 0.3) is 0 Å². The molecule has 9 heteroatoms. The number of carbonyl (C=O) groups excluding carboxylic acids is 1. The Morgan fingerprint density at radius 1 is 1.21 bits per heavy atom. The summed E-state index contributed by atoms with van der Waals surface area (Å²) in [6.07, 6.45) is 0. The van der Waals surface area contributed by atoms with Crippen LogP contribution in [0.15, 0.2) is 58.4 Å². The van der Waals surface area contributed by atoms with Crippen molar-refractivity contribution in [3.8, 4) is 0 Å². The molecule has 2 aromatic rings. The fourth-order valence-corrected chi connectivity index (χ4v) is 4.62. The highest BCUT2D eigenvalue weighted by Crippen LogP contribution is 2.30. The van der Waals surface area contributed by atoms with Crippen molar-refractivity contribution in [2.24, 2.45) is 4.99 Å². The molecular weight excluding hydrogens is 401 g/mol. The number of halogens is 1. The molecule has 1 aliphatic heterocycles. The summed E-state index contributed by atoms with van der Waals surface area (Å²) in [5.74, 6) is -0.679. The molecule has 1 atom stereocenters. The average Bonchev–Trinajstić information content (AvgIpc) is 3.02. The Hall–Kier alpha value is -2.23. The number of thioether (sulfide) groups is 1. The lowest BCUT2D eigenvalue weighted by Crippen LogP contribution is -2.32. The number of amidine groups is 1. The molecule has 1 unspecified atom stereocenters. The normalized spacial score (nSPS) is 18.8. The van der Waals surface area contributed by atoms with Gasteiger partial charge in [0.05, 0.1) is 10.6 Å². The molecule has 28 heavy (non-hydrogen) atoms. The predicted octanol–water partition coefficient (Wildman–Crippen LogP) is 3.34. The first-order valence-corrected chi connectivity index (χ1v) is 10.9. The monoisotopic (exact) mass is 421 g/mol. The second kappa shape index (κ2) is 8.02. The number of amides is 1. The molecule has 0 saturated carbocycles. The highest BCUT2D eigenvalue weighted by Gasteiger charge is 2.31. The molecule has 1 saturated heterocycles. The van der Waals surface area contributed by atoms with Gasteiger partial charge in [-0.05, 0) is 42.5 Å². The fourth-order valence-electron chi connectivity index (χ4n) is 2.66. The third-order valence-corrected chi connectivity index (χ3v) is 7.02. The van der Waals surface area contributed by atoms with Crippen molar-refractivity contribution in [2.75, 3.05) is 20.6 Å². The third kappa shape index (κ3) is 4.26. The lowest BCUT2D eigenvalue weighted by atomic mass is 10.2. The van der Waals surface area contributed by atoms with Crippen LogP contribution in [0.2, 0.25) is 0 Å². The van der Waals surface area contributed by atoms with Crippen LogP contribution in [-0.2, 0) is 10.0 Å². The number of sulfonamides is 1. The van der Waals surface area contributed by atoms with Gasteiger partial charge >= 0.3 is 0 Å². The van der Waals surface area contributed by atoms with Gasteiger partial charge in [0.1, 0.15) is 5.82 Å². The maximum Gasteiger partial charge on any atom is 0.259 e. The number of nitrogens with zero attached hydrogens (tertiary/aromatic N) is 3. The second-order valence-corrected chi connectivity index (χ2v) is 10.1. The lowest BCUT2D eigenvalue weighted by molar-refractivity contribution is 0.0855. The van der Waals surface area contributed by atoms with Crippen molar-refractivity contribution in [3.05, 3.63) is 59.9 Å². The van der Waals surface area contributed by atoms with Crippen molar-refractivity contribution in [3.63, 3.8) is 0 Å². The molecule has 0 bridgehead atoms. The lowest BCUT2D eigenvalue weighted by Gasteiger charge is -2.16. The van der Waals surface area contributed by atoms with Gasteiger partial charge in [0.2, 0.25) is 10.0 Å². The topological polar surface area (TPSA) is 70.0 Å². The van der Waals surface area contributed by atoms with E-state index < -0.39 is 15.8 Å². The van der Waals surface area contributed by atoms with Gasteiger partial charge < -0.3 is 0 Å². The number of rotatable bonds is 4. The third-order valence-electron chi connectivity index (χ3n) is 4.13. The van der Waals surface area contributed by atoms with E-state index in [-0.39, 0.29) is 16.1 Å². The largest absolute Gasteiger partial charge is 0.286 e.